The summed E-state index contributed by atoms with van der Waals surface area (Å²) in [4.78, 5) is 10.3. The number of nitrogens with two attached hydrogens (primary N) is 1. The molecule has 0 spiro atoms. The van der Waals surface area contributed by atoms with Gasteiger partial charge in [-0.3, -0.25) is 0 Å². The molecule has 4 N–H and O–H groups in total. The fourth-order valence-electron chi connectivity index (χ4n) is 1.34. The van der Waals surface area contributed by atoms with Crippen LogP contribution >= 0.6 is 0 Å². The van der Waals surface area contributed by atoms with Gasteiger partial charge in [0.25, 0.3) is 0 Å². The number of carbonyl (C=O) groups excluding carboxylic acids is 1. The molecule has 1 atom stereocenters. The number of ether oxygens (including phenoxy) is 1. The van der Waals surface area contributed by atoms with Gasteiger partial charge in [0.05, 0.1) is 0 Å². The summed E-state index contributed by atoms with van der Waals surface area (Å²) in [6, 6.07) is 7.07. The predicted molar refractivity (Wildman–Crippen MR) is 60.1 cm³/mol. The van der Waals surface area contributed by atoms with E-state index in [1.807, 2.05) is 13.0 Å². The van der Waals surface area contributed by atoms with Crippen molar-refractivity contribution in [2.45, 2.75) is 13.0 Å². The summed E-state index contributed by atoms with van der Waals surface area (Å²) in [7, 11) is 0. The quantitative estimate of drug-likeness (QED) is 0.655. The van der Waals surface area contributed by atoms with Crippen LogP contribution in [0.15, 0.2) is 24.3 Å². The number of carbonyl (C=O) groups is 1. The summed E-state index contributed by atoms with van der Waals surface area (Å²) < 4.78 is 4.58. The Hall–Kier alpha value is -1.75. The largest absolute Gasteiger partial charge is 0.508 e. The predicted octanol–water partition coefficient (Wildman–Crippen LogP) is 1.14. The van der Waals surface area contributed by atoms with Gasteiger partial charge in [-0.25, -0.2) is 4.79 Å². The maximum Gasteiger partial charge on any atom is 0.404 e. The van der Waals surface area contributed by atoms with E-state index in [-0.39, 0.29) is 18.4 Å². The fourth-order valence-corrected chi connectivity index (χ4v) is 1.34. The number of amides is 1. The normalized spacial score (nSPS) is 12.1. The second-order valence-corrected chi connectivity index (χ2v) is 3.44. The van der Waals surface area contributed by atoms with Gasteiger partial charge in [0.15, 0.2) is 0 Å². The van der Waals surface area contributed by atoms with Crippen molar-refractivity contribution in [2.75, 3.05) is 13.2 Å². The molecule has 88 valence electrons. The SMILES string of the molecule is CC(NCCOC(N)=O)c1cccc(O)c1. The van der Waals surface area contributed by atoms with Crippen LogP contribution in [0.25, 0.3) is 0 Å². The first-order valence-corrected chi connectivity index (χ1v) is 5.04. The molecule has 1 aromatic carbocycles. The van der Waals surface area contributed by atoms with Crippen LogP contribution in [0.3, 0.4) is 0 Å². The fraction of sp³-hybridized carbons (Fsp3) is 0.364. The zero-order valence-corrected chi connectivity index (χ0v) is 9.14. The smallest absolute Gasteiger partial charge is 0.404 e. The lowest BCUT2D eigenvalue weighted by Crippen LogP contribution is -2.25. The second-order valence-electron chi connectivity index (χ2n) is 3.44. The zero-order chi connectivity index (χ0) is 12.0. The number of primary amides is 1. The van der Waals surface area contributed by atoms with Crippen LogP contribution in [-0.4, -0.2) is 24.4 Å². The van der Waals surface area contributed by atoms with Crippen molar-refractivity contribution in [2.24, 2.45) is 5.73 Å². The van der Waals surface area contributed by atoms with Crippen LogP contribution in [-0.2, 0) is 4.74 Å². The average Bonchev–Trinajstić information content (AvgIpc) is 2.24. The molecule has 5 heteroatoms. The molecular formula is C11H16N2O3. The Morgan fingerprint density at radius 2 is 2.38 bits per heavy atom. The minimum Gasteiger partial charge on any atom is -0.508 e. The molecule has 0 heterocycles. The highest BCUT2D eigenvalue weighted by Crippen LogP contribution is 2.17. The first kappa shape index (κ1) is 12.3. The van der Waals surface area contributed by atoms with E-state index in [0.29, 0.717) is 6.54 Å². The van der Waals surface area contributed by atoms with Crippen molar-refractivity contribution in [1.29, 1.82) is 0 Å². The number of hydrogen-bond acceptors (Lipinski definition) is 4. The van der Waals surface area contributed by atoms with E-state index in [0.717, 1.165) is 5.56 Å². The van der Waals surface area contributed by atoms with Gasteiger partial charge in [-0.1, -0.05) is 12.1 Å². The molecule has 0 fully saturated rings. The van der Waals surface area contributed by atoms with E-state index in [1.165, 1.54) is 0 Å². The van der Waals surface area contributed by atoms with Gasteiger partial charge < -0.3 is 20.9 Å². The van der Waals surface area contributed by atoms with Gasteiger partial charge in [0.2, 0.25) is 0 Å². The lowest BCUT2D eigenvalue weighted by Gasteiger charge is -2.14. The van der Waals surface area contributed by atoms with E-state index in [1.54, 1.807) is 18.2 Å². The molecule has 0 saturated carbocycles. The molecule has 16 heavy (non-hydrogen) atoms. The summed E-state index contributed by atoms with van der Waals surface area (Å²) >= 11 is 0. The number of aromatic hydroxyl groups is 1. The van der Waals surface area contributed by atoms with Crippen molar-refractivity contribution in [3.05, 3.63) is 29.8 Å². The number of hydrogen-bond donors (Lipinski definition) is 3. The van der Waals surface area contributed by atoms with Crippen molar-refractivity contribution >= 4 is 6.09 Å². The number of rotatable bonds is 5. The van der Waals surface area contributed by atoms with E-state index in [9.17, 15) is 9.90 Å². The van der Waals surface area contributed by atoms with Crippen LogP contribution in [0, 0.1) is 0 Å². The molecule has 1 rings (SSSR count). The third kappa shape index (κ3) is 4.18. The van der Waals surface area contributed by atoms with Crippen LogP contribution in [0.5, 0.6) is 5.75 Å². The third-order valence-corrected chi connectivity index (χ3v) is 2.17. The summed E-state index contributed by atoms with van der Waals surface area (Å²) in [5.41, 5.74) is 5.79. The summed E-state index contributed by atoms with van der Waals surface area (Å²) in [5.74, 6) is 0.236. The molecule has 1 aromatic rings. The number of nitrogens with one attached hydrogen (secondary N) is 1. The minimum absolute atomic E-state index is 0.0728. The van der Waals surface area contributed by atoms with Gasteiger partial charge in [-0.15, -0.1) is 0 Å². The monoisotopic (exact) mass is 224 g/mol. The lowest BCUT2D eigenvalue weighted by molar-refractivity contribution is 0.156. The van der Waals surface area contributed by atoms with Crippen LogP contribution < -0.4 is 11.1 Å². The Balaban J connectivity index is 2.35. The van der Waals surface area contributed by atoms with Gasteiger partial charge in [0, 0.05) is 12.6 Å². The van der Waals surface area contributed by atoms with Crippen molar-refractivity contribution < 1.29 is 14.6 Å². The third-order valence-electron chi connectivity index (χ3n) is 2.17. The molecule has 0 aromatic heterocycles. The molecule has 5 nitrogen and oxygen atoms in total. The Bertz CT molecular complexity index is 355. The lowest BCUT2D eigenvalue weighted by atomic mass is 10.1. The van der Waals surface area contributed by atoms with Gasteiger partial charge in [-0.05, 0) is 24.6 Å². The molecule has 0 radical (unpaired) electrons. The Labute approximate surface area is 94.2 Å². The summed E-state index contributed by atoms with van der Waals surface area (Å²) in [6.07, 6.45) is -0.771. The molecule has 0 bridgehead atoms. The first-order valence-electron chi connectivity index (χ1n) is 5.04. The number of phenols is 1. The van der Waals surface area contributed by atoms with E-state index in [2.05, 4.69) is 10.1 Å². The molecule has 1 unspecified atom stereocenters. The molecule has 0 aliphatic rings. The Kier molecular flexibility index (Phi) is 4.60. The minimum atomic E-state index is -0.771. The van der Waals surface area contributed by atoms with Crippen molar-refractivity contribution in [1.82, 2.24) is 5.32 Å². The van der Waals surface area contributed by atoms with E-state index in [4.69, 9.17) is 5.73 Å². The molecule has 0 aliphatic heterocycles. The van der Waals surface area contributed by atoms with E-state index >= 15 is 0 Å². The highest BCUT2D eigenvalue weighted by molar-refractivity contribution is 5.64. The van der Waals surface area contributed by atoms with Crippen molar-refractivity contribution in [3.63, 3.8) is 0 Å². The van der Waals surface area contributed by atoms with Gasteiger partial charge >= 0.3 is 6.09 Å². The Morgan fingerprint density at radius 1 is 1.62 bits per heavy atom. The molecule has 0 saturated heterocycles. The molecular weight excluding hydrogens is 208 g/mol. The molecule has 1 amide bonds. The number of benzene rings is 1. The first-order chi connectivity index (χ1) is 7.59. The van der Waals surface area contributed by atoms with Crippen LogP contribution in [0.1, 0.15) is 18.5 Å². The number of phenolic OH excluding ortho intramolecular Hbond substituents is 1. The standard InChI is InChI=1S/C11H16N2O3/c1-8(13-5-6-16-11(12)15)9-3-2-4-10(14)7-9/h2-4,7-8,13-14H,5-6H2,1H3,(H2,12,15). The summed E-state index contributed by atoms with van der Waals surface area (Å²) in [5, 5.41) is 12.4. The topological polar surface area (TPSA) is 84.6 Å². The summed E-state index contributed by atoms with van der Waals surface area (Å²) in [6.45, 7) is 2.71. The van der Waals surface area contributed by atoms with Crippen LogP contribution in [0.4, 0.5) is 4.79 Å². The zero-order valence-electron chi connectivity index (χ0n) is 9.14. The van der Waals surface area contributed by atoms with Gasteiger partial charge in [0.1, 0.15) is 12.4 Å². The van der Waals surface area contributed by atoms with Gasteiger partial charge in [-0.2, -0.15) is 0 Å². The Morgan fingerprint density at radius 3 is 3.00 bits per heavy atom. The average molecular weight is 224 g/mol. The van der Waals surface area contributed by atoms with Crippen LogP contribution in [0.2, 0.25) is 0 Å². The highest BCUT2D eigenvalue weighted by Gasteiger charge is 2.04. The van der Waals surface area contributed by atoms with E-state index < -0.39 is 6.09 Å². The maximum absolute atomic E-state index is 10.3. The van der Waals surface area contributed by atoms with Crippen molar-refractivity contribution in [3.8, 4) is 5.75 Å². The maximum atomic E-state index is 10.3. The highest BCUT2D eigenvalue weighted by atomic mass is 16.5. The second kappa shape index (κ2) is 5.97. The molecule has 0 aliphatic carbocycles.